The summed E-state index contributed by atoms with van der Waals surface area (Å²) < 4.78 is 0. The fraction of sp³-hybridized carbons (Fsp3) is 0.615. The Morgan fingerprint density at radius 2 is 1.57 bits per heavy atom. The average Bonchev–Trinajstić information content (AvgIpc) is 2.35. The van der Waals surface area contributed by atoms with Gasteiger partial charge < -0.3 is 0 Å². The molecule has 0 aromatic heterocycles. The van der Waals surface area contributed by atoms with Gasteiger partial charge in [0.15, 0.2) is 0 Å². The minimum absolute atomic E-state index is 0.119. The van der Waals surface area contributed by atoms with E-state index in [0.717, 1.165) is 0 Å². The largest absolute Gasteiger partial charge is 0.268 e. The van der Waals surface area contributed by atoms with Gasteiger partial charge in [-0.2, -0.15) is 0 Å². The van der Waals surface area contributed by atoms with E-state index >= 15 is 0 Å². The van der Waals surface area contributed by atoms with Crippen LogP contribution in [-0.4, -0.2) is 6.21 Å². The average molecular weight is 195 g/mol. The first kappa shape index (κ1) is 15.6. The van der Waals surface area contributed by atoms with E-state index in [4.69, 9.17) is 0 Å². The van der Waals surface area contributed by atoms with Crippen molar-refractivity contribution in [2.24, 2.45) is 10.4 Å². The van der Waals surface area contributed by atoms with Gasteiger partial charge in [0.2, 0.25) is 0 Å². The van der Waals surface area contributed by atoms with E-state index in [1.165, 1.54) is 5.57 Å². The van der Waals surface area contributed by atoms with Crippen LogP contribution < -0.4 is 0 Å². The molecule has 0 fully saturated rings. The maximum atomic E-state index is 4.16. The molecule has 0 saturated carbocycles. The Bertz CT molecular complexity index is 207. The van der Waals surface area contributed by atoms with Crippen LogP contribution in [0, 0.1) is 5.41 Å². The highest BCUT2D eigenvalue weighted by Crippen LogP contribution is 2.17. The third-order valence-electron chi connectivity index (χ3n) is 1.46. The molecule has 0 N–H and O–H groups in total. The highest BCUT2D eigenvalue weighted by molar-refractivity contribution is 5.69. The molecule has 0 aliphatic carbocycles. The molecule has 0 atom stereocenters. The van der Waals surface area contributed by atoms with Crippen LogP contribution in [0.25, 0.3) is 0 Å². The predicted octanol–water partition coefficient (Wildman–Crippen LogP) is 4.61. The number of aliphatic imine (C=N–C) groups is 1. The minimum Gasteiger partial charge on any atom is -0.268 e. The van der Waals surface area contributed by atoms with Gasteiger partial charge in [-0.15, -0.1) is 0 Å². The second-order valence-electron chi connectivity index (χ2n) is 3.31. The van der Waals surface area contributed by atoms with Crippen molar-refractivity contribution in [3.8, 4) is 0 Å². The summed E-state index contributed by atoms with van der Waals surface area (Å²) in [6.45, 7) is 14.3. The maximum absolute atomic E-state index is 4.16. The van der Waals surface area contributed by atoms with Crippen molar-refractivity contribution in [2.75, 3.05) is 0 Å². The summed E-state index contributed by atoms with van der Waals surface area (Å²) >= 11 is 0. The topological polar surface area (TPSA) is 12.4 Å². The third kappa shape index (κ3) is 7.78. The Morgan fingerprint density at radius 3 is 2.07 bits per heavy atom. The Hall–Kier alpha value is -0.850. The Morgan fingerprint density at radius 1 is 1.07 bits per heavy atom. The van der Waals surface area contributed by atoms with E-state index in [1.807, 2.05) is 40.1 Å². The first-order valence-electron chi connectivity index (χ1n) is 5.50. The van der Waals surface area contributed by atoms with Crippen LogP contribution in [0.4, 0.5) is 0 Å². The minimum atomic E-state index is 0.119. The quantitative estimate of drug-likeness (QED) is 0.535. The van der Waals surface area contributed by atoms with Gasteiger partial charge in [-0.3, -0.25) is 4.99 Å². The zero-order valence-electron chi connectivity index (χ0n) is 10.8. The lowest BCUT2D eigenvalue weighted by Crippen LogP contribution is -2.07. The molecule has 0 spiro atoms. The molecule has 0 unspecified atom stereocenters. The number of nitrogens with zero attached hydrogens (tertiary/aromatic N) is 1. The van der Waals surface area contributed by atoms with E-state index < -0.39 is 0 Å². The zero-order chi connectivity index (χ0) is 11.6. The summed E-state index contributed by atoms with van der Waals surface area (Å²) in [5.41, 5.74) is 1.33. The van der Waals surface area contributed by atoms with Gasteiger partial charge in [-0.05, 0) is 12.5 Å². The second kappa shape index (κ2) is 8.74. The lowest BCUT2D eigenvalue weighted by atomic mass is 9.95. The molecule has 0 saturated heterocycles. The number of hydrogen-bond acceptors (Lipinski definition) is 1. The summed E-state index contributed by atoms with van der Waals surface area (Å²) in [5.74, 6) is 0. The highest BCUT2D eigenvalue weighted by Gasteiger charge is 2.10. The Kier molecular flexibility index (Phi) is 9.74. The first-order chi connectivity index (χ1) is 6.60. The molecule has 0 bridgehead atoms. The van der Waals surface area contributed by atoms with Crippen molar-refractivity contribution >= 4 is 6.21 Å². The monoisotopic (exact) mass is 195 g/mol. The molecule has 0 aromatic rings. The molecule has 82 valence electrons. The molecule has 1 heterocycles. The molecule has 1 aliphatic rings. The molecule has 1 aliphatic heterocycles. The van der Waals surface area contributed by atoms with E-state index in [9.17, 15) is 0 Å². The fourth-order valence-electron chi connectivity index (χ4n) is 0.779. The van der Waals surface area contributed by atoms with Gasteiger partial charge in [0.05, 0.1) is 0 Å². The summed E-state index contributed by atoms with van der Waals surface area (Å²) in [7, 11) is 0. The molecular weight excluding hydrogens is 170 g/mol. The van der Waals surface area contributed by atoms with E-state index in [0.29, 0.717) is 0 Å². The van der Waals surface area contributed by atoms with Crippen LogP contribution in [0.15, 0.2) is 28.9 Å². The summed E-state index contributed by atoms with van der Waals surface area (Å²) in [6, 6.07) is 0. The molecule has 0 amide bonds. The first-order valence-corrected chi connectivity index (χ1v) is 5.50. The summed E-state index contributed by atoms with van der Waals surface area (Å²) in [4.78, 5) is 4.16. The van der Waals surface area contributed by atoms with Crippen LogP contribution in [-0.2, 0) is 0 Å². The van der Waals surface area contributed by atoms with Gasteiger partial charge in [0.1, 0.15) is 0 Å². The Balaban J connectivity index is 0. The lowest BCUT2D eigenvalue weighted by Gasteiger charge is -2.10. The van der Waals surface area contributed by atoms with Crippen LogP contribution >= 0.6 is 0 Å². The van der Waals surface area contributed by atoms with Crippen molar-refractivity contribution in [2.45, 2.75) is 48.5 Å². The van der Waals surface area contributed by atoms with Crippen molar-refractivity contribution in [3.63, 3.8) is 0 Å². The Labute approximate surface area is 89.6 Å². The number of hydrogen-bond donors (Lipinski definition) is 0. The lowest BCUT2D eigenvalue weighted by molar-refractivity contribution is 0.695. The van der Waals surface area contributed by atoms with Crippen LogP contribution in [0.3, 0.4) is 0 Å². The van der Waals surface area contributed by atoms with E-state index in [2.05, 4.69) is 37.9 Å². The standard InChI is InChI=1S/C9H13N.2C2H6/c1-8-4-5-9(2,3)7-10-6-8;2*1-2/h4-7H,1-3H3;2*1-2H3. The number of allylic oxidation sites excluding steroid dienone is 3. The molecule has 14 heavy (non-hydrogen) atoms. The van der Waals surface area contributed by atoms with E-state index in [1.54, 1.807) is 0 Å². The van der Waals surface area contributed by atoms with Gasteiger partial charge in [-0.1, -0.05) is 53.7 Å². The molecule has 0 aromatic carbocycles. The molecule has 1 rings (SSSR count). The van der Waals surface area contributed by atoms with Gasteiger partial charge in [0.25, 0.3) is 0 Å². The van der Waals surface area contributed by atoms with Crippen molar-refractivity contribution in [1.82, 2.24) is 0 Å². The van der Waals surface area contributed by atoms with Crippen molar-refractivity contribution < 1.29 is 0 Å². The van der Waals surface area contributed by atoms with Crippen LogP contribution in [0.2, 0.25) is 0 Å². The third-order valence-corrected chi connectivity index (χ3v) is 1.46. The van der Waals surface area contributed by atoms with Crippen molar-refractivity contribution in [3.05, 3.63) is 23.9 Å². The van der Waals surface area contributed by atoms with Crippen LogP contribution in [0.5, 0.6) is 0 Å². The molecule has 1 nitrogen and oxygen atoms in total. The normalized spacial score (nSPS) is 16.6. The van der Waals surface area contributed by atoms with Crippen molar-refractivity contribution in [1.29, 1.82) is 0 Å². The fourth-order valence-corrected chi connectivity index (χ4v) is 0.779. The molecule has 0 radical (unpaired) electrons. The summed E-state index contributed by atoms with van der Waals surface area (Å²) in [5, 5.41) is 0. The van der Waals surface area contributed by atoms with Crippen LogP contribution in [0.1, 0.15) is 48.5 Å². The zero-order valence-corrected chi connectivity index (χ0v) is 10.8. The SMILES string of the molecule is CC.CC.CC1=CN=CC(C)(C)C=C1. The summed E-state index contributed by atoms with van der Waals surface area (Å²) in [6.07, 6.45) is 8.10. The van der Waals surface area contributed by atoms with Gasteiger partial charge in [-0.25, -0.2) is 0 Å². The van der Waals surface area contributed by atoms with Gasteiger partial charge in [0, 0.05) is 17.8 Å². The molecular formula is C13H25N. The number of rotatable bonds is 0. The second-order valence-corrected chi connectivity index (χ2v) is 3.31. The maximum Gasteiger partial charge on any atom is 0.0293 e. The highest BCUT2D eigenvalue weighted by atomic mass is 14.7. The van der Waals surface area contributed by atoms with E-state index in [-0.39, 0.29) is 5.41 Å². The van der Waals surface area contributed by atoms with Gasteiger partial charge >= 0.3 is 0 Å². The molecule has 1 heteroatoms. The smallest absolute Gasteiger partial charge is 0.0293 e. The predicted molar refractivity (Wildman–Crippen MR) is 67.9 cm³/mol.